The quantitative estimate of drug-likeness (QED) is 0.802. The molecule has 20 heavy (non-hydrogen) atoms. The fourth-order valence-electron chi connectivity index (χ4n) is 1.25. The molecule has 1 aromatic rings. The highest BCUT2D eigenvalue weighted by molar-refractivity contribution is 5.90. The fraction of sp³-hybridized carbons (Fsp3) is 0.357. The van der Waals surface area contributed by atoms with Gasteiger partial charge in [0.2, 0.25) is 0 Å². The van der Waals surface area contributed by atoms with Crippen LogP contribution in [0.4, 0.5) is 4.79 Å². The van der Waals surface area contributed by atoms with Crippen LogP contribution < -0.4 is 5.32 Å². The Hall–Kier alpha value is -2.55. The number of carbonyl (C=O) groups is 2. The van der Waals surface area contributed by atoms with Gasteiger partial charge in [-0.25, -0.2) is 9.59 Å². The van der Waals surface area contributed by atoms with E-state index in [1.165, 1.54) is 18.5 Å². The molecule has 1 rings (SSSR count). The topological polar surface area (TPSA) is 88.5 Å². The van der Waals surface area contributed by atoms with Crippen molar-refractivity contribution in [2.24, 2.45) is 0 Å². The van der Waals surface area contributed by atoms with Crippen LogP contribution in [-0.2, 0) is 4.74 Å². The first kappa shape index (κ1) is 15.5. The third-order valence-electron chi connectivity index (χ3n) is 1.99. The van der Waals surface area contributed by atoms with Gasteiger partial charge in [-0.05, 0) is 26.8 Å². The Morgan fingerprint density at radius 3 is 2.75 bits per heavy atom. The lowest BCUT2D eigenvalue weighted by molar-refractivity contribution is 0.0534. The van der Waals surface area contributed by atoms with E-state index < -0.39 is 17.7 Å². The van der Waals surface area contributed by atoms with E-state index in [2.05, 4.69) is 22.1 Å². The zero-order chi connectivity index (χ0) is 15.2. The largest absolute Gasteiger partial charge is 0.478 e. The van der Waals surface area contributed by atoms with Gasteiger partial charge in [-0.2, -0.15) is 0 Å². The first-order valence-corrected chi connectivity index (χ1v) is 5.92. The zero-order valence-corrected chi connectivity index (χ0v) is 11.6. The van der Waals surface area contributed by atoms with E-state index in [0.717, 1.165) is 0 Å². The number of aromatic nitrogens is 1. The lowest BCUT2D eigenvalue weighted by atomic mass is 10.1. The molecule has 0 aliphatic carbocycles. The minimum Gasteiger partial charge on any atom is -0.478 e. The first-order valence-electron chi connectivity index (χ1n) is 5.92. The van der Waals surface area contributed by atoms with Crippen molar-refractivity contribution in [3.05, 3.63) is 29.6 Å². The lowest BCUT2D eigenvalue weighted by Gasteiger charge is -2.19. The third kappa shape index (κ3) is 5.40. The maximum atomic E-state index is 11.3. The molecule has 0 saturated heterocycles. The molecule has 1 heterocycles. The average Bonchev–Trinajstić information content (AvgIpc) is 2.33. The summed E-state index contributed by atoms with van der Waals surface area (Å²) in [6, 6.07) is 1.37. The molecule has 106 valence electrons. The number of nitrogens with zero attached hydrogens (tertiary/aromatic N) is 1. The Morgan fingerprint density at radius 2 is 2.15 bits per heavy atom. The predicted octanol–water partition coefficient (Wildman–Crippen LogP) is 1.66. The Morgan fingerprint density at radius 1 is 1.45 bits per heavy atom. The molecule has 6 heteroatoms. The van der Waals surface area contributed by atoms with Crippen LogP contribution in [0, 0.1) is 11.8 Å². The van der Waals surface area contributed by atoms with E-state index in [1.807, 2.05) is 0 Å². The summed E-state index contributed by atoms with van der Waals surface area (Å²) in [5, 5.41) is 11.4. The maximum absolute atomic E-state index is 11.3. The zero-order valence-electron chi connectivity index (χ0n) is 11.6. The fourth-order valence-corrected chi connectivity index (χ4v) is 1.25. The molecule has 0 atom stereocenters. The number of amides is 1. The van der Waals surface area contributed by atoms with Crippen LogP contribution in [0.2, 0.25) is 0 Å². The van der Waals surface area contributed by atoms with Gasteiger partial charge in [-0.15, -0.1) is 0 Å². The summed E-state index contributed by atoms with van der Waals surface area (Å²) < 4.78 is 5.03. The van der Waals surface area contributed by atoms with Crippen molar-refractivity contribution >= 4 is 12.1 Å². The van der Waals surface area contributed by atoms with E-state index in [4.69, 9.17) is 9.84 Å². The summed E-state index contributed by atoms with van der Waals surface area (Å²) in [6.45, 7) is 5.33. The van der Waals surface area contributed by atoms with Crippen LogP contribution in [0.25, 0.3) is 0 Å². The van der Waals surface area contributed by atoms with Crippen LogP contribution in [0.3, 0.4) is 0 Å². The van der Waals surface area contributed by atoms with Gasteiger partial charge in [0.25, 0.3) is 0 Å². The van der Waals surface area contributed by atoms with Gasteiger partial charge in [0, 0.05) is 12.4 Å². The van der Waals surface area contributed by atoms with Gasteiger partial charge in [0.1, 0.15) is 5.60 Å². The number of rotatable bonds is 2. The summed E-state index contributed by atoms with van der Waals surface area (Å²) >= 11 is 0. The SMILES string of the molecule is CC(C)(C)OC(=O)NCC#Cc1cnccc1C(=O)O. The molecule has 0 aliphatic heterocycles. The highest BCUT2D eigenvalue weighted by Crippen LogP contribution is 2.06. The lowest BCUT2D eigenvalue weighted by Crippen LogP contribution is -2.32. The number of nitrogens with one attached hydrogen (secondary N) is 1. The summed E-state index contributed by atoms with van der Waals surface area (Å²) in [7, 11) is 0. The summed E-state index contributed by atoms with van der Waals surface area (Å²) in [6.07, 6.45) is 2.17. The summed E-state index contributed by atoms with van der Waals surface area (Å²) in [4.78, 5) is 26.1. The molecule has 0 saturated carbocycles. The highest BCUT2D eigenvalue weighted by Gasteiger charge is 2.15. The summed E-state index contributed by atoms with van der Waals surface area (Å²) in [5.74, 6) is 4.23. The van der Waals surface area contributed by atoms with Crippen LogP contribution in [0.15, 0.2) is 18.5 Å². The average molecular weight is 276 g/mol. The smallest absolute Gasteiger partial charge is 0.408 e. The second kappa shape index (κ2) is 6.57. The number of hydrogen-bond acceptors (Lipinski definition) is 4. The van der Waals surface area contributed by atoms with Crippen molar-refractivity contribution in [1.82, 2.24) is 10.3 Å². The molecule has 0 spiro atoms. The molecule has 6 nitrogen and oxygen atoms in total. The molecule has 2 N–H and O–H groups in total. The van der Waals surface area contributed by atoms with Crippen molar-refractivity contribution in [2.75, 3.05) is 6.54 Å². The second-order valence-electron chi connectivity index (χ2n) is 4.88. The molecular formula is C14H16N2O4. The number of alkyl carbamates (subject to hydrolysis) is 1. The molecule has 0 fully saturated rings. The van der Waals surface area contributed by atoms with Crippen molar-refractivity contribution in [2.45, 2.75) is 26.4 Å². The van der Waals surface area contributed by atoms with Crippen LogP contribution in [-0.4, -0.2) is 34.3 Å². The Labute approximate surface area is 117 Å². The Bertz CT molecular complexity index is 565. The van der Waals surface area contributed by atoms with Gasteiger partial charge in [-0.3, -0.25) is 4.98 Å². The number of carboxylic acids is 1. The van der Waals surface area contributed by atoms with Crippen molar-refractivity contribution in [3.63, 3.8) is 0 Å². The van der Waals surface area contributed by atoms with Crippen molar-refractivity contribution in [3.8, 4) is 11.8 Å². The number of hydrogen-bond donors (Lipinski definition) is 2. The van der Waals surface area contributed by atoms with Gasteiger partial charge in [-0.1, -0.05) is 11.8 Å². The van der Waals surface area contributed by atoms with Gasteiger partial charge in [0.05, 0.1) is 17.7 Å². The van der Waals surface area contributed by atoms with E-state index in [0.29, 0.717) is 5.56 Å². The van der Waals surface area contributed by atoms with Crippen LogP contribution in [0.5, 0.6) is 0 Å². The molecule has 1 aromatic heterocycles. The molecule has 1 amide bonds. The molecular weight excluding hydrogens is 260 g/mol. The minimum atomic E-state index is -1.07. The number of carboxylic acid groups (broad SMARTS) is 1. The maximum Gasteiger partial charge on any atom is 0.408 e. The standard InChI is InChI=1S/C14H16N2O4/c1-14(2,3)20-13(19)16-7-4-5-10-9-15-8-6-11(10)12(17)18/h6,8-9H,7H2,1-3H3,(H,16,19)(H,17,18). The molecule has 0 bridgehead atoms. The molecule has 0 aromatic carbocycles. The normalized spacial score (nSPS) is 10.2. The Balaban J connectivity index is 2.60. The Kier molecular flexibility index (Phi) is 5.09. The van der Waals surface area contributed by atoms with Gasteiger partial charge < -0.3 is 15.2 Å². The number of aromatic carboxylic acids is 1. The van der Waals surface area contributed by atoms with Crippen LogP contribution >= 0.6 is 0 Å². The third-order valence-corrected chi connectivity index (χ3v) is 1.99. The molecule has 0 aliphatic rings. The van der Waals surface area contributed by atoms with E-state index >= 15 is 0 Å². The van der Waals surface area contributed by atoms with Crippen LogP contribution in [0.1, 0.15) is 36.7 Å². The number of pyridine rings is 1. The number of ether oxygens (including phenoxy) is 1. The predicted molar refractivity (Wildman–Crippen MR) is 72.3 cm³/mol. The number of carbonyl (C=O) groups excluding carboxylic acids is 1. The van der Waals surface area contributed by atoms with Gasteiger partial charge >= 0.3 is 12.1 Å². The van der Waals surface area contributed by atoms with Crippen molar-refractivity contribution < 1.29 is 19.4 Å². The molecule has 0 unspecified atom stereocenters. The van der Waals surface area contributed by atoms with E-state index in [1.54, 1.807) is 20.8 Å². The highest BCUT2D eigenvalue weighted by atomic mass is 16.6. The molecule has 0 radical (unpaired) electrons. The summed E-state index contributed by atoms with van der Waals surface area (Å²) in [5.41, 5.74) is -0.201. The van der Waals surface area contributed by atoms with Gasteiger partial charge in [0.15, 0.2) is 0 Å². The second-order valence-corrected chi connectivity index (χ2v) is 4.88. The monoisotopic (exact) mass is 276 g/mol. The van der Waals surface area contributed by atoms with E-state index in [-0.39, 0.29) is 12.1 Å². The van der Waals surface area contributed by atoms with Crippen molar-refractivity contribution in [1.29, 1.82) is 0 Å². The van der Waals surface area contributed by atoms with E-state index in [9.17, 15) is 9.59 Å². The first-order chi connectivity index (χ1) is 9.29. The minimum absolute atomic E-state index is 0.0584.